The maximum Gasteiger partial charge on any atom is 0.255 e. The molecule has 0 heterocycles. The first kappa shape index (κ1) is 17.4. The van der Waals surface area contributed by atoms with E-state index in [1.807, 2.05) is 43.3 Å². The van der Waals surface area contributed by atoms with Crippen molar-refractivity contribution < 1.29 is 14.3 Å². The molecule has 1 amide bonds. The van der Waals surface area contributed by atoms with Gasteiger partial charge in [-0.15, -0.1) is 0 Å². The number of nitrogens with one attached hydrogen (secondary N) is 1. The van der Waals surface area contributed by atoms with Gasteiger partial charge in [-0.25, -0.2) is 0 Å². The molecule has 0 aliphatic rings. The van der Waals surface area contributed by atoms with Crippen LogP contribution in [0.3, 0.4) is 0 Å². The van der Waals surface area contributed by atoms with E-state index in [9.17, 15) is 9.59 Å². The number of rotatable bonds is 5. The Morgan fingerprint density at radius 3 is 2.08 bits per heavy atom. The van der Waals surface area contributed by atoms with Gasteiger partial charge in [0.05, 0.1) is 12.8 Å². The van der Waals surface area contributed by atoms with Crippen molar-refractivity contribution in [1.29, 1.82) is 0 Å². The van der Waals surface area contributed by atoms with E-state index >= 15 is 0 Å². The van der Waals surface area contributed by atoms with Gasteiger partial charge in [0.15, 0.2) is 5.78 Å². The number of ketones is 1. The number of carbonyl (C=O) groups excluding carboxylic acids is 2. The third-order valence-electron chi connectivity index (χ3n) is 4.05. The van der Waals surface area contributed by atoms with Crippen LogP contribution in [0.5, 0.6) is 5.75 Å². The summed E-state index contributed by atoms with van der Waals surface area (Å²) < 4.78 is 5.28. The third-order valence-corrected chi connectivity index (χ3v) is 4.05. The number of hydrogen-bond donors (Lipinski definition) is 1. The highest BCUT2D eigenvalue weighted by Gasteiger charge is 2.12. The lowest BCUT2D eigenvalue weighted by Gasteiger charge is -2.11. The number of benzene rings is 3. The first-order chi connectivity index (χ1) is 12.6. The molecule has 3 aromatic rings. The minimum Gasteiger partial charge on any atom is -0.495 e. The van der Waals surface area contributed by atoms with E-state index < -0.39 is 0 Å². The molecule has 0 aliphatic heterocycles. The van der Waals surface area contributed by atoms with Crippen molar-refractivity contribution in [2.75, 3.05) is 12.4 Å². The zero-order chi connectivity index (χ0) is 18.5. The van der Waals surface area contributed by atoms with E-state index in [1.165, 1.54) is 0 Å². The molecule has 0 bridgehead atoms. The van der Waals surface area contributed by atoms with E-state index in [1.54, 1.807) is 43.5 Å². The molecule has 3 rings (SSSR count). The summed E-state index contributed by atoms with van der Waals surface area (Å²) in [7, 11) is 1.56. The third kappa shape index (κ3) is 3.81. The molecule has 0 spiro atoms. The van der Waals surface area contributed by atoms with Gasteiger partial charge in [-0.1, -0.05) is 48.5 Å². The van der Waals surface area contributed by atoms with Gasteiger partial charge in [0.25, 0.3) is 5.91 Å². The molecule has 26 heavy (non-hydrogen) atoms. The number of anilines is 1. The molecule has 4 nitrogen and oxygen atoms in total. The number of methoxy groups -OCH3 is 1. The largest absolute Gasteiger partial charge is 0.495 e. The van der Waals surface area contributed by atoms with Crippen molar-refractivity contribution in [3.8, 4) is 5.75 Å². The Balaban J connectivity index is 1.77. The summed E-state index contributed by atoms with van der Waals surface area (Å²) in [5, 5.41) is 2.85. The molecule has 4 heteroatoms. The van der Waals surface area contributed by atoms with Gasteiger partial charge in [-0.2, -0.15) is 0 Å². The summed E-state index contributed by atoms with van der Waals surface area (Å²) in [4.78, 5) is 24.9. The van der Waals surface area contributed by atoms with Crippen LogP contribution >= 0.6 is 0 Å². The summed E-state index contributed by atoms with van der Waals surface area (Å²) in [6.45, 7) is 1.94. The van der Waals surface area contributed by atoms with Crippen LogP contribution in [-0.2, 0) is 0 Å². The minimum absolute atomic E-state index is 0.0714. The first-order valence-corrected chi connectivity index (χ1v) is 8.24. The van der Waals surface area contributed by atoms with Crippen LogP contribution in [-0.4, -0.2) is 18.8 Å². The fourth-order valence-electron chi connectivity index (χ4n) is 2.64. The van der Waals surface area contributed by atoms with E-state index in [0.717, 1.165) is 5.56 Å². The molecule has 0 saturated heterocycles. The van der Waals surface area contributed by atoms with Crippen molar-refractivity contribution in [3.05, 3.63) is 95.1 Å². The zero-order valence-corrected chi connectivity index (χ0v) is 14.7. The van der Waals surface area contributed by atoms with E-state index in [-0.39, 0.29) is 11.7 Å². The lowest BCUT2D eigenvalue weighted by molar-refractivity contribution is 0.102. The SMILES string of the molecule is COc1ccc(C)cc1NC(=O)c1ccc(C(=O)c2ccccc2)cc1. The van der Waals surface area contributed by atoms with Crippen molar-refractivity contribution in [2.45, 2.75) is 6.92 Å². The van der Waals surface area contributed by atoms with Crippen LogP contribution in [0.2, 0.25) is 0 Å². The summed E-state index contributed by atoms with van der Waals surface area (Å²) in [5.41, 5.74) is 3.26. The highest BCUT2D eigenvalue weighted by molar-refractivity contribution is 6.10. The molecule has 0 fully saturated rings. The van der Waals surface area contributed by atoms with Crippen molar-refractivity contribution in [2.24, 2.45) is 0 Å². The molecule has 0 aliphatic carbocycles. The Morgan fingerprint density at radius 1 is 0.808 bits per heavy atom. The average Bonchev–Trinajstić information content (AvgIpc) is 2.68. The summed E-state index contributed by atoms with van der Waals surface area (Å²) in [6, 6.07) is 21.3. The maximum atomic E-state index is 12.5. The van der Waals surface area contributed by atoms with Gasteiger partial charge in [0.2, 0.25) is 0 Å². The fourth-order valence-corrected chi connectivity index (χ4v) is 2.64. The molecule has 130 valence electrons. The second-order valence-corrected chi connectivity index (χ2v) is 5.93. The molecule has 0 saturated carbocycles. The van der Waals surface area contributed by atoms with E-state index in [0.29, 0.717) is 28.1 Å². The topological polar surface area (TPSA) is 55.4 Å². The molecular formula is C22H19NO3. The van der Waals surface area contributed by atoms with Gasteiger partial charge in [0, 0.05) is 16.7 Å². The molecule has 1 N–H and O–H groups in total. The van der Waals surface area contributed by atoms with Crippen molar-refractivity contribution in [1.82, 2.24) is 0 Å². The van der Waals surface area contributed by atoms with E-state index in [2.05, 4.69) is 5.32 Å². The van der Waals surface area contributed by atoms with Crippen LogP contribution in [0.4, 0.5) is 5.69 Å². The quantitative estimate of drug-likeness (QED) is 0.693. The minimum atomic E-state index is -0.257. The fraction of sp³-hybridized carbons (Fsp3) is 0.0909. The predicted octanol–water partition coefficient (Wildman–Crippen LogP) is 4.49. The molecular weight excluding hydrogens is 326 g/mol. The van der Waals surface area contributed by atoms with Crippen LogP contribution in [0.25, 0.3) is 0 Å². The lowest BCUT2D eigenvalue weighted by Crippen LogP contribution is -2.13. The van der Waals surface area contributed by atoms with Gasteiger partial charge in [-0.3, -0.25) is 9.59 Å². The zero-order valence-electron chi connectivity index (χ0n) is 14.7. The number of aryl methyl sites for hydroxylation is 1. The Hall–Kier alpha value is -3.40. The Labute approximate surface area is 152 Å². The molecule has 0 atom stereocenters. The van der Waals surface area contributed by atoms with Gasteiger partial charge < -0.3 is 10.1 Å². The maximum absolute atomic E-state index is 12.5. The monoisotopic (exact) mass is 345 g/mol. The van der Waals surface area contributed by atoms with E-state index in [4.69, 9.17) is 4.74 Å². The Bertz CT molecular complexity index is 931. The smallest absolute Gasteiger partial charge is 0.255 e. The molecule has 0 unspecified atom stereocenters. The Kier molecular flexibility index (Phi) is 5.13. The lowest BCUT2D eigenvalue weighted by atomic mass is 10.0. The number of hydrogen-bond acceptors (Lipinski definition) is 3. The highest BCUT2D eigenvalue weighted by Crippen LogP contribution is 2.25. The van der Waals surface area contributed by atoms with Crippen LogP contribution in [0.1, 0.15) is 31.8 Å². The standard InChI is InChI=1S/C22H19NO3/c1-15-8-13-20(26-2)19(14-15)23-22(25)18-11-9-17(10-12-18)21(24)16-6-4-3-5-7-16/h3-14H,1-2H3,(H,23,25). The highest BCUT2D eigenvalue weighted by atomic mass is 16.5. The van der Waals surface area contributed by atoms with Crippen LogP contribution in [0.15, 0.2) is 72.8 Å². The number of amides is 1. The van der Waals surface area contributed by atoms with Gasteiger partial charge in [0.1, 0.15) is 5.75 Å². The number of ether oxygens (including phenoxy) is 1. The predicted molar refractivity (Wildman–Crippen MR) is 102 cm³/mol. The van der Waals surface area contributed by atoms with Crippen LogP contribution in [0, 0.1) is 6.92 Å². The second-order valence-electron chi connectivity index (χ2n) is 5.93. The van der Waals surface area contributed by atoms with Crippen LogP contribution < -0.4 is 10.1 Å². The van der Waals surface area contributed by atoms with Gasteiger partial charge >= 0.3 is 0 Å². The van der Waals surface area contributed by atoms with Crippen molar-refractivity contribution >= 4 is 17.4 Å². The molecule has 0 aromatic heterocycles. The van der Waals surface area contributed by atoms with Crippen molar-refractivity contribution in [3.63, 3.8) is 0 Å². The average molecular weight is 345 g/mol. The second kappa shape index (κ2) is 7.66. The Morgan fingerprint density at radius 2 is 1.42 bits per heavy atom. The van der Waals surface area contributed by atoms with Gasteiger partial charge in [-0.05, 0) is 36.8 Å². The summed E-state index contributed by atoms with van der Waals surface area (Å²) in [5.74, 6) is 0.269. The first-order valence-electron chi connectivity index (χ1n) is 8.24. The summed E-state index contributed by atoms with van der Waals surface area (Å²) in [6.07, 6.45) is 0. The molecule has 3 aromatic carbocycles. The normalized spacial score (nSPS) is 10.2. The summed E-state index contributed by atoms with van der Waals surface area (Å²) >= 11 is 0. The number of carbonyl (C=O) groups is 2. The molecule has 0 radical (unpaired) electrons.